The predicted octanol–water partition coefficient (Wildman–Crippen LogP) is 4.18. The Morgan fingerprint density at radius 1 is 1.15 bits per heavy atom. The highest BCUT2D eigenvalue weighted by Gasteiger charge is 2.32. The molecule has 0 atom stereocenters. The first-order chi connectivity index (χ1) is 16.0. The van der Waals surface area contributed by atoms with Crippen LogP contribution < -0.4 is 0 Å². The molecule has 2 aromatic carbocycles. The summed E-state index contributed by atoms with van der Waals surface area (Å²) >= 11 is 0. The average Bonchev–Trinajstić information content (AvgIpc) is 3.04. The van der Waals surface area contributed by atoms with Crippen LogP contribution in [-0.2, 0) is 14.3 Å². The van der Waals surface area contributed by atoms with Gasteiger partial charge in [0.2, 0.25) is 0 Å². The van der Waals surface area contributed by atoms with Gasteiger partial charge in [-0.1, -0.05) is 18.2 Å². The smallest absolute Gasteiger partial charge is 0.326 e. The second kappa shape index (κ2) is 9.67. The van der Waals surface area contributed by atoms with Crippen LogP contribution in [-0.4, -0.2) is 39.9 Å². The van der Waals surface area contributed by atoms with Crippen molar-refractivity contribution in [3.63, 3.8) is 0 Å². The van der Waals surface area contributed by atoms with E-state index >= 15 is 0 Å². The van der Waals surface area contributed by atoms with E-state index in [2.05, 4.69) is 4.99 Å². The molecule has 1 heterocycles. The predicted molar refractivity (Wildman–Crippen MR) is 121 cm³/mol. The van der Waals surface area contributed by atoms with Crippen molar-refractivity contribution in [3.05, 3.63) is 76.5 Å². The van der Waals surface area contributed by atoms with Gasteiger partial charge in [0.15, 0.2) is 17.4 Å². The summed E-state index contributed by atoms with van der Waals surface area (Å²) in [5.41, 5.74) is 0.235. The lowest BCUT2D eigenvalue weighted by Gasteiger charge is -2.22. The molecule has 3 rings (SSSR count). The van der Waals surface area contributed by atoms with Crippen LogP contribution >= 0.6 is 0 Å². The SMILES string of the molecule is CC(C)(C)OC(=O)CN1C(=O)/C(=C/c2cc(F)c(O)c(F)c2)N=C1/C=C/c1ccc(C#N)cc1. The lowest BCUT2D eigenvalue weighted by molar-refractivity contribution is -0.156. The fourth-order valence-electron chi connectivity index (χ4n) is 3.02. The molecule has 34 heavy (non-hydrogen) atoms. The Balaban J connectivity index is 1.95. The molecule has 0 saturated heterocycles. The van der Waals surface area contributed by atoms with Gasteiger partial charge >= 0.3 is 5.97 Å². The van der Waals surface area contributed by atoms with Crippen molar-refractivity contribution in [2.45, 2.75) is 26.4 Å². The Morgan fingerprint density at radius 2 is 1.76 bits per heavy atom. The third-order valence-electron chi connectivity index (χ3n) is 4.49. The Hall–Kier alpha value is -4.32. The number of rotatable bonds is 5. The first kappa shape index (κ1) is 24.3. The summed E-state index contributed by atoms with van der Waals surface area (Å²) in [6, 6.07) is 10.4. The zero-order chi connectivity index (χ0) is 25.0. The van der Waals surface area contributed by atoms with Crippen molar-refractivity contribution in [1.82, 2.24) is 4.90 Å². The van der Waals surface area contributed by atoms with E-state index in [1.807, 2.05) is 6.07 Å². The van der Waals surface area contributed by atoms with Crippen LogP contribution in [0.5, 0.6) is 5.75 Å². The molecule has 1 amide bonds. The number of esters is 1. The van der Waals surface area contributed by atoms with Gasteiger partial charge in [0.25, 0.3) is 5.91 Å². The minimum atomic E-state index is -1.19. The second-order valence-electron chi connectivity index (χ2n) is 8.38. The second-order valence-corrected chi connectivity index (χ2v) is 8.38. The number of carbonyl (C=O) groups excluding carboxylic acids is 2. The van der Waals surface area contributed by atoms with Crippen LogP contribution in [0.15, 0.2) is 53.2 Å². The number of hydrogen-bond donors (Lipinski definition) is 1. The number of amidine groups is 1. The molecule has 174 valence electrons. The summed E-state index contributed by atoms with van der Waals surface area (Å²) in [6.07, 6.45) is 4.29. The van der Waals surface area contributed by atoms with E-state index in [1.165, 1.54) is 6.08 Å². The van der Waals surface area contributed by atoms with E-state index in [9.17, 15) is 23.5 Å². The maximum Gasteiger partial charge on any atom is 0.326 e. The number of aromatic hydroxyl groups is 1. The van der Waals surface area contributed by atoms with Gasteiger partial charge in [-0.05, 0) is 68.3 Å². The van der Waals surface area contributed by atoms with Gasteiger partial charge in [-0.3, -0.25) is 14.5 Å². The van der Waals surface area contributed by atoms with Crippen molar-refractivity contribution in [2.24, 2.45) is 4.99 Å². The van der Waals surface area contributed by atoms with E-state index in [1.54, 1.807) is 51.1 Å². The van der Waals surface area contributed by atoms with E-state index in [4.69, 9.17) is 10.00 Å². The van der Waals surface area contributed by atoms with Gasteiger partial charge < -0.3 is 9.84 Å². The van der Waals surface area contributed by atoms with Crippen LogP contribution in [0.4, 0.5) is 8.78 Å². The highest BCUT2D eigenvalue weighted by molar-refractivity contribution is 6.19. The first-order valence-corrected chi connectivity index (χ1v) is 10.2. The lowest BCUT2D eigenvalue weighted by Crippen LogP contribution is -2.39. The molecule has 1 aliphatic rings. The van der Waals surface area contributed by atoms with Crippen molar-refractivity contribution >= 4 is 29.9 Å². The summed E-state index contributed by atoms with van der Waals surface area (Å²) in [5.74, 6) is -4.71. The first-order valence-electron chi connectivity index (χ1n) is 10.2. The monoisotopic (exact) mass is 465 g/mol. The fourth-order valence-corrected chi connectivity index (χ4v) is 3.02. The number of nitriles is 1. The maximum atomic E-state index is 13.7. The zero-order valence-corrected chi connectivity index (χ0v) is 18.7. The van der Waals surface area contributed by atoms with Crippen LogP contribution in [0.3, 0.4) is 0 Å². The molecule has 0 aliphatic carbocycles. The normalized spacial score (nSPS) is 15.1. The van der Waals surface area contributed by atoms with Gasteiger partial charge in [0, 0.05) is 0 Å². The van der Waals surface area contributed by atoms with Crippen LogP contribution in [0.1, 0.15) is 37.5 Å². The van der Waals surface area contributed by atoms with Crippen LogP contribution in [0, 0.1) is 23.0 Å². The molecular weight excluding hydrogens is 444 g/mol. The molecule has 1 N–H and O–H groups in total. The summed E-state index contributed by atoms with van der Waals surface area (Å²) in [4.78, 5) is 30.7. The molecule has 0 saturated carbocycles. The standard InChI is InChI=1S/C25H21F2N3O4/c1-25(2,3)34-22(31)14-30-21(9-8-15-4-6-16(13-28)7-5-15)29-20(24(30)33)12-17-10-18(26)23(32)19(27)11-17/h4-12,32H,14H2,1-3H3/b9-8+,20-12-. The Morgan fingerprint density at radius 3 is 2.32 bits per heavy atom. The molecular formula is C25H21F2N3O4. The van der Waals surface area contributed by atoms with Gasteiger partial charge in [-0.25, -0.2) is 13.8 Å². The number of aliphatic imine (C=N–C) groups is 1. The molecule has 0 unspecified atom stereocenters. The van der Waals surface area contributed by atoms with Gasteiger partial charge in [0.05, 0.1) is 11.6 Å². The molecule has 0 fully saturated rings. The quantitative estimate of drug-likeness (QED) is 0.527. The van der Waals surface area contributed by atoms with Crippen LogP contribution in [0.25, 0.3) is 12.2 Å². The van der Waals surface area contributed by atoms with Crippen molar-refractivity contribution < 1.29 is 28.2 Å². The van der Waals surface area contributed by atoms with Gasteiger partial charge in [-0.15, -0.1) is 0 Å². The van der Waals surface area contributed by atoms with Gasteiger partial charge in [0.1, 0.15) is 23.7 Å². The minimum Gasteiger partial charge on any atom is -0.503 e. The topological polar surface area (TPSA) is 103 Å². The van der Waals surface area contributed by atoms with E-state index in [-0.39, 0.29) is 17.1 Å². The maximum absolute atomic E-state index is 13.7. The fraction of sp³-hybridized carbons (Fsp3) is 0.200. The average molecular weight is 465 g/mol. The zero-order valence-electron chi connectivity index (χ0n) is 18.7. The van der Waals surface area contributed by atoms with E-state index in [0.29, 0.717) is 11.1 Å². The Bertz CT molecular complexity index is 1240. The highest BCUT2D eigenvalue weighted by atomic mass is 19.1. The van der Waals surface area contributed by atoms with Crippen LogP contribution in [0.2, 0.25) is 0 Å². The number of hydrogen-bond acceptors (Lipinski definition) is 6. The third kappa shape index (κ3) is 5.92. The number of phenolic OH excluding ortho intramolecular Hbond substituents is 1. The summed E-state index contributed by atoms with van der Waals surface area (Å²) in [6.45, 7) is 4.64. The van der Waals surface area contributed by atoms with Crippen molar-refractivity contribution in [2.75, 3.05) is 6.54 Å². The number of ether oxygens (including phenoxy) is 1. The molecule has 2 aromatic rings. The largest absolute Gasteiger partial charge is 0.503 e. The summed E-state index contributed by atoms with van der Waals surface area (Å²) in [7, 11) is 0. The summed E-state index contributed by atoms with van der Waals surface area (Å²) < 4.78 is 32.7. The number of benzene rings is 2. The number of phenols is 1. The summed E-state index contributed by atoms with van der Waals surface area (Å²) in [5, 5.41) is 18.2. The van der Waals surface area contributed by atoms with E-state index < -0.39 is 41.4 Å². The van der Waals surface area contributed by atoms with Gasteiger partial charge in [-0.2, -0.15) is 5.26 Å². The van der Waals surface area contributed by atoms with Crippen molar-refractivity contribution in [3.8, 4) is 11.8 Å². The molecule has 0 aromatic heterocycles. The number of halogens is 2. The molecule has 0 bridgehead atoms. The molecule has 9 heteroatoms. The number of nitrogens with zero attached hydrogens (tertiary/aromatic N) is 3. The highest BCUT2D eigenvalue weighted by Crippen LogP contribution is 2.25. The minimum absolute atomic E-state index is 0.0329. The number of carbonyl (C=O) groups is 2. The molecule has 0 spiro atoms. The Kier molecular flexibility index (Phi) is 6.92. The molecule has 7 nitrogen and oxygen atoms in total. The van der Waals surface area contributed by atoms with Crippen molar-refractivity contribution in [1.29, 1.82) is 5.26 Å². The molecule has 1 aliphatic heterocycles. The number of amides is 1. The third-order valence-corrected chi connectivity index (χ3v) is 4.49. The van der Waals surface area contributed by atoms with E-state index in [0.717, 1.165) is 23.1 Å². The Labute approximate surface area is 194 Å². The lowest BCUT2D eigenvalue weighted by atomic mass is 10.1. The molecule has 0 radical (unpaired) electrons.